The number of methoxy groups -OCH3 is 1. The van der Waals surface area contributed by atoms with Gasteiger partial charge in [0.25, 0.3) is 0 Å². The van der Waals surface area contributed by atoms with Gasteiger partial charge in [-0.05, 0) is 19.4 Å². The van der Waals surface area contributed by atoms with Gasteiger partial charge in [-0.2, -0.15) is 0 Å². The molecule has 90 valence electrons. The summed E-state index contributed by atoms with van der Waals surface area (Å²) in [4.78, 5) is 34.9. The van der Waals surface area contributed by atoms with Gasteiger partial charge in [0.15, 0.2) is 0 Å². The molecule has 5 heteroatoms. The Hall–Kier alpha value is -1.23. The molecule has 0 amide bonds. The van der Waals surface area contributed by atoms with Gasteiger partial charge in [0.1, 0.15) is 0 Å². The van der Waals surface area contributed by atoms with Crippen LogP contribution in [0.2, 0.25) is 0 Å². The number of hydrogen-bond acceptors (Lipinski definition) is 5. The quantitative estimate of drug-likeness (QED) is 0.380. The van der Waals surface area contributed by atoms with Crippen molar-refractivity contribution in [2.45, 2.75) is 25.7 Å². The van der Waals surface area contributed by atoms with Gasteiger partial charge in [0.2, 0.25) is 11.6 Å². The van der Waals surface area contributed by atoms with Gasteiger partial charge in [-0.25, -0.2) is 0 Å². The molecule has 1 rings (SSSR count). The maximum atomic E-state index is 11.1. The highest BCUT2D eigenvalue weighted by Gasteiger charge is 2.23. The minimum atomic E-state index is -0.292. The van der Waals surface area contributed by atoms with E-state index >= 15 is 0 Å². The second kappa shape index (κ2) is 6.37. The van der Waals surface area contributed by atoms with Gasteiger partial charge < -0.3 is 4.74 Å². The third-order valence-electron chi connectivity index (χ3n) is 2.67. The van der Waals surface area contributed by atoms with Crippen LogP contribution >= 0.6 is 0 Å². The van der Waals surface area contributed by atoms with Gasteiger partial charge in [0.05, 0.1) is 13.7 Å². The predicted octanol–water partition coefficient (Wildman–Crippen LogP) is 0.174. The number of rotatable bonds is 5. The third kappa shape index (κ3) is 4.10. The molecule has 0 aliphatic carbocycles. The van der Waals surface area contributed by atoms with Crippen molar-refractivity contribution in [2.24, 2.45) is 0 Å². The number of carbonyl (C=O) groups excluding carboxylic acids is 3. The van der Waals surface area contributed by atoms with E-state index in [2.05, 4.69) is 4.74 Å². The first-order valence-corrected chi connectivity index (χ1v) is 5.48. The number of likely N-dealkylation sites (tertiary alicyclic amines) is 1. The number of esters is 1. The van der Waals surface area contributed by atoms with Crippen molar-refractivity contribution in [1.82, 2.24) is 4.90 Å². The van der Waals surface area contributed by atoms with Crippen LogP contribution in [0.15, 0.2) is 0 Å². The highest BCUT2D eigenvalue weighted by Crippen LogP contribution is 2.06. The number of ether oxygens (including phenoxy) is 1. The Kier molecular flexibility index (Phi) is 5.11. The summed E-state index contributed by atoms with van der Waals surface area (Å²) in [6.45, 7) is 1.65. The van der Waals surface area contributed by atoms with Gasteiger partial charge in [-0.1, -0.05) is 0 Å². The van der Waals surface area contributed by atoms with E-state index in [4.69, 9.17) is 0 Å². The SMILES string of the molecule is COC(=O)CCCCN1CCC(=O)C(=O)C1. The van der Waals surface area contributed by atoms with E-state index in [0.717, 1.165) is 19.4 Å². The van der Waals surface area contributed by atoms with E-state index in [-0.39, 0.29) is 24.1 Å². The molecule has 0 aromatic heterocycles. The lowest BCUT2D eigenvalue weighted by Crippen LogP contribution is -2.41. The van der Waals surface area contributed by atoms with Crippen LogP contribution < -0.4 is 0 Å². The van der Waals surface area contributed by atoms with E-state index < -0.39 is 0 Å². The Morgan fingerprint density at radius 2 is 2.06 bits per heavy atom. The second-order valence-corrected chi connectivity index (χ2v) is 3.91. The number of unbranched alkanes of at least 4 members (excludes halogenated alkanes) is 1. The number of hydrogen-bond donors (Lipinski definition) is 0. The molecule has 1 saturated heterocycles. The molecule has 1 aliphatic heterocycles. The van der Waals surface area contributed by atoms with Crippen LogP contribution in [0.25, 0.3) is 0 Å². The molecule has 0 spiro atoms. The maximum absolute atomic E-state index is 11.1. The van der Waals surface area contributed by atoms with E-state index in [0.29, 0.717) is 19.4 Å². The van der Waals surface area contributed by atoms with Crippen molar-refractivity contribution in [1.29, 1.82) is 0 Å². The topological polar surface area (TPSA) is 63.7 Å². The molecule has 1 fully saturated rings. The van der Waals surface area contributed by atoms with Gasteiger partial charge in [-0.15, -0.1) is 0 Å². The highest BCUT2D eigenvalue weighted by atomic mass is 16.5. The van der Waals surface area contributed by atoms with E-state index in [1.807, 2.05) is 4.90 Å². The summed E-state index contributed by atoms with van der Waals surface area (Å²) in [5.41, 5.74) is 0. The maximum Gasteiger partial charge on any atom is 0.305 e. The van der Waals surface area contributed by atoms with Crippen LogP contribution in [0.3, 0.4) is 0 Å². The number of carbonyl (C=O) groups is 3. The van der Waals surface area contributed by atoms with Gasteiger partial charge in [-0.3, -0.25) is 19.3 Å². The summed E-state index contributed by atoms with van der Waals surface area (Å²) in [7, 11) is 1.37. The molecule has 1 aliphatic rings. The zero-order chi connectivity index (χ0) is 12.0. The van der Waals surface area contributed by atoms with E-state index in [1.165, 1.54) is 7.11 Å². The predicted molar refractivity (Wildman–Crippen MR) is 56.9 cm³/mol. The third-order valence-corrected chi connectivity index (χ3v) is 2.67. The zero-order valence-corrected chi connectivity index (χ0v) is 9.53. The molecule has 16 heavy (non-hydrogen) atoms. The molecule has 0 aromatic rings. The largest absolute Gasteiger partial charge is 0.469 e. The molecule has 0 saturated carbocycles. The Morgan fingerprint density at radius 1 is 1.31 bits per heavy atom. The molecule has 5 nitrogen and oxygen atoms in total. The number of piperidine rings is 1. The standard InChI is InChI=1S/C11H17NO4/c1-16-11(15)4-2-3-6-12-7-5-9(13)10(14)8-12/h2-8H2,1H3. The first kappa shape index (κ1) is 12.8. The fraction of sp³-hybridized carbons (Fsp3) is 0.727. The molecule has 0 atom stereocenters. The van der Waals surface area contributed by atoms with Crippen molar-refractivity contribution in [2.75, 3.05) is 26.7 Å². The van der Waals surface area contributed by atoms with Crippen molar-refractivity contribution in [3.8, 4) is 0 Å². The Balaban J connectivity index is 2.12. The number of ketones is 2. The summed E-state index contributed by atoms with van der Waals surface area (Å²) in [5, 5.41) is 0. The lowest BCUT2D eigenvalue weighted by atomic mass is 10.1. The first-order chi connectivity index (χ1) is 7.63. The lowest BCUT2D eigenvalue weighted by Gasteiger charge is -2.24. The summed E-state index contributed by atoms with van der Waals surface area (Å²) in [6.07, 6.45) is 2.34. The highest BCUT2D eigenvalue weighted by molar-refractivity contribution is 6.38. The smallest absolute Gasteiger partial charge is 0.305 e. The molecule has 1 heterocycles. The molecular formula is C11H17NO4. The van der Waals surface area contributed by atoms with Crippen LogP contribution in [-0.2, 0) is 19.1 Å². The fourth-order valence-corrected chi connectivity index (χ4v) is 1.67. The number of nitrogens with zero attached hydrogens (tertiary/aromatic N) is 1. The molecule has 0 aromatic carbocycles. The zero-order valence-electron chi connectivity index (χ0n) is 9.53. The minimum Gasteiger partial charge on any atom is -0.469 e. The summed E-state index contributed by atoms with van der Waals surface area (Å²) in [5.74, 6) is -0.755. The van der Waals surface area contributed by atoms with E-state index in [9.17, 15) is 14.4 Å². The van der Waals surface area contributed by atoms with Gasteiger partial charge in [0, 0.05) is 19.4 Å². The normalized spacial score (nSPS) is 17.6. The summed E-state index contributed by atoms with van der Waals surface area (Å²) >= 11 is 0. The molecule has 0 unspecified atom stereocenters. The minimum absolute atomic E-state index is 0.204. The summed E-state index contributed by atoms with van der Waals surface area (Å²) in [6, 6.07) is 0. The first-order valence-electron chi connectivity index (χ1n) is 5.48. The Bertz CT molecular complexity index is 288. The van der Waals surface area contributed by atoms with Crippen LogP contribution in [-0.4, -0.2) is 49.2 Å². The van der Waals surface area contributed by atoms with E-state index in [1.54, 1.807) is 0 Å². The van der Waals surface area contributed by atoms with Crippen molar-refractivity contribution in [3.05, 3.63) is 0 Å². The monoisotopic (exact) mass is 227 g/mol. The van der Waals surface area contributed by atoms with Crippen molar-refractivity contribution >= 4 is 17.5 Å². The molecular weight excluding hydrogens is 210 g/mol. The average Bonchev–Trinajstić information content (AvgIpc) is 2.28. The van der Waals surface area contributed by atoms with Crippen LogP contribution in [0.1, 0.15) is 25.7 Å². The van der Waals surface area contributed by atoms with Crippen molar-refractivity contribution in [3.63, 3.8) is 0 Å². The number of Topliss-reactive ketones (excluding diaryl/α,β-unsaturated/α-hetero) is 2. The lowest BCUT2D eigenvalue weighted by molar-refractivity contribution is -0.140. The summed E-state index contributed by atoms with van der Waals surface area (Å²) < 4.78 is 4.52. The van der Waals surface area contributed by atoms with Crippen LogP contribution in [0.5, 0.6) is 0 Å². The van der Waals surface area contributed by atoms with Gasteiger partial charge >= 0.3 is 5.97 Å². The molecule has 0 radical (unpaired) electrons. The second-order valence-electron chi connectivity index (χ2n) is 3.91. The molecule has 0 bridgehead atoms. The molecule has 0 N–H and O–H groups in total. The Morgan fingerprint density at radius 3 is 2.69 bits per heavy atom. The average molecular weight is 227 g/mol. The Labute approximate surface area is 94.7 Å². The van der Waals surface area contributed by atoms with Crippen LogP contribution in [0.4, 0.5) is 0 Å². The van der Waals surface area contributed by atoms with Crippen LogP contribution in [0, 0.1) is 0 Å². The fourth-order valence-electron chi connectivity index (χ4n) is 1.67. The van der Waals surface area contributed by atoms with Crippen molar-refractivity contribution < 1.29 is 19.1 Å².